The fourth-order valence-corrected chi connectivity index (χ4v) is 7.99. The summed E-state index contributed by atoms with van der Waals surface area (Å²) >= 11 is 1.87. The topological polar surface area (TPSA) is 38.9 Å². The Balaban J connectivity index is 1.29. The van der Waals surface area contributed by atoms with Gasteiger partial charge in [-0.25, -0.2) is 9.97 Å². The number of hydrogen-bond acceptors (Lipinski definition) is 4. The third-order valence-corrected chi connectivity index (χ3v) is 9.97. The molecule has 0 aliphatic carbocycles. The van der Waals surface area contributed by atoms with Crippen LogP contribution in [0.5, 0.6) is 0 Å². The fraction of sp³-hybridized carbons (Fsp3) is 0. The van der Waals surface area contributed by atoms with Crippen LogP contribution in [0.2, 0.25) is 0 Å². The molecule has 44 heavy (non-hydrogen) atoms. The van der Waals surface area contributed by atoms with Crippen LogP contribution in [0.1, 0.15) is 0 Å². The molecule has 204 valence electrons. The zero-order valence-electron chi connectivity index (χ0n) is 23.4. The monoisotopic (exact) mass is 578 g/mol. The summed E-state index contributed by atoms with van der Waals surface area (Å²) in [5.41, 5.74) is 7.41. The second kappa shape index (κ2) is 8.96. The van der Waals surface area contributed by atoms with E-state index in [2.05, 4.69) is 109 Å². The zero-order valence-corrected chi connectivity index (χ0v) is 24.2. The summed E-state index contributed by atoms with van der Waals surface area (Å²) < 4.78 is 9.25. The summed E-state index contributed by atoms with van der Waals surface area (Å²) in [5, 5.41) is 8.75. The summed E-state index contributed by atoms with van der Waals surface area (Å²) in [6.07, 6.45) is 0. The van der Waals surface area contributed by atoms with E-state index in [1.165, 1.54) is 41.7 Å². The summed E-state index contributed by atoms with van der Waals surface area (Å²) in [7, 11) is 0. The molecule has 0 radical (unpaired) electrons. The van der Waals surface area contributed by atoms with Crippen LogP contribution >= 0.6 is 11.3 Å². The maximum atomic E-state index is 6.59. The van der Waals surface area contributed by atoms with Crippen molar-refractivity contribution in [2.75, 3.05) is 0 Å². The van der Waals surface area contributed by atoms with Crippen LogP contribution in [-0.4, -0.2) is 9.97 Å². The van der Waals surface area contributed by atoms with E-state index in [0.717, 1.165) is 44.4 Å². The number of nitrogens with zero attached hydrogens (tertiary/aromatic N) is 2. The Hall–Kier alpha value is -5.58. The number of thiophene rings is 1. The van der Waals surface area contributed by atoms with Crippen LogP contribution in [0.25, 0.3) is 97.6 Å². The Kier molecular flexibility index (Phi) is 4.87. The number of benzene rings is 7. The molecule has 0 bridgehead atoms. The van der Waals surface area contributed by atoms with Crippen LogP contribution in [0.4, 0.5) is 0 Å². The van der Waals surface area contributed by atoms with E-state index in [4.69, 9.17) is 14.4 Å². The molecule has 0 aliphatic rings. The molecule has 7 aromatic carbocycles. The quantitative estimate of drug-likeness (QED) is 0.196. The lowest BCUT2D eigenvalue weighted by atomic mass is 9.93. The molecule has 0 fully saturated rings. The molecule has 0 amide bonds. The van der Waals surface area contributed by atoms with E-state index in [-0.39, 0.29) is 0 Å². The van der Waals surface area contributed by atoms with Crippen LogP contribution in [-0.2, 0) is 0 Å². The van der Waals surface area contributed by atoms with Crippen LogP contribution in [0.3, 0.4) is 0 Å². The van der Waals surface area contributed by atoms with Gasteiger partial charge in [-0.3, -0.25) is 0 Å². The number of furan rings is 1. The first-order chi connectivity index (χ1) is 21.8. The van der Waals surface area contributed by atoms with Gasteiger partial charge in [0.15, 0.2) is 11.4 Å². The van der Waals surface area contributed by atoms with Crippen LogP contribution in [0.15, 0.2) is 138 Å². The Labute approximate surface area is 256 Å². The number of aromatic nitrogens is 2. The molecule has 10 rings (SSSR count). The Morgan fingerprint density at radius 3 is 1.86 bits per heavy atom. The fourth-order valence-electron chi connectivity index (χ4n) is 6.83. The average Bonchev–Trinajstić information content (AvgIpc) is 3.66. The minimum Gasteiger partial charge on any atom is -0.452 e. The molecule has 4 heteroatoms. The molecule has 0 unspecified atom stereocenters. The molecule has 0 atom stereocenters. The van der Waals surface area contributed by atoms with Gasteiger partial charge in [0, 0.05) is 36.7 Å². The van der Waals surface area contributed by atoms with Gasteiger partial charge < -0.3 is 4.42 Å². The predicted molar refractivity (Wildman–Crippen MR) is 185 cm³/mol. The smallest absolute Gasteiger partial charge is 0.180 e. The first-order valence-electron chi connectivity index (χ1n) is 14.7. The Bertz CT molecular complexity index is 2710. The SMILES string of the molecule is c1ccc(-c2ccc3oc4c(-c5ccc6c(c5)c5cccc7sc8cccc6c8c75)nc(-c5ccccc5)nc4c3c2)cc1. The molecule has 0 aliphatic heterocycles. The molecule has 0 saturated carbocycles. The van der Waals surface area contributed by atoms with E-state index < -0.39 is 0 Å². The van der Waals surface area contributed by atoms with Crippen LogP contribution in [0, 0.1) is 0 Å². The highest BCUT2D eigenvalue weighted by atomic mass is 32.1. The van der Waals surface area contributed by atoms with E-state index in [1.54, 1.807) is 0 Å². The van der Waals surface area contributed by atoms with E-state index >= 15 is 0 Å². The number of hydrogen-bond donors (Lipinski definition) is 0. The van der Waals surface area contributed by atoms with Gasteiger partial charge >= 0.3 is 0 Å². The normalized spacial score (nSPS) is 12.1. The standard InChI is InChI=1S/C40H22N2OS/c1-3-9-23(10-4-1)25-18-20-32-31(21-25)38-39(43-32)37(41-40(42-38)24-11-5-2-6-12-24)26-17-19-27-28-13-7-15-33-35(28)36-29(30(27)22-26)14-8-16-34(36)44-33/h1-22H. The predicted octanol–water partition coefficient (Wildman–Crippen LogP) is 11.5. The van der Waals surface area contributed by atoms with Crippen molar-refractivity contribution in [1.82, 2.24) is 9.97 Å². The van der Waals surface area contributed by atoms with Crippen molar-refractivity contribution in [2.45, 2.75) is 0 Å². The van der Waals surface area contributed by atoms with Gasteiger partial charge in [0.2, 0.25) is 0 Å². The molecule has 0 spiro atoms. The van der Waals surface area contributed by atoms with Crippen molar-refractivity contribution >= 4 is 75.1 Å². The third kappa shape index (κ3) is 3.37. The molecule has 3 aromatic heterocycles. The maximum absolute atomic E-state index is 6.59. The van der Waals surface area contributed by atoms with Gasteiger partial charge in [0.05, 0.1) is 0 Å². The number of fused-ring (bicyclic) bond motifs is 6. The van der Waals surface area contributed by atoms with Gasteiger partial charge in [-0.2, -0.15) is 0 Å². The highest BCUT2D eigenvalue weighted by Crippen LogP contribution is 2.46. The second-order valence-electron chi connectivity index (χ2n) is 11.3. The van der Waals surface area contributed by atoms with Gasteiger partial charge in [-0.1, -0.05) is 103 Å². The van der Waals surface area contributed by atoms with Gasteiger partial charge in [0.25, 0.3) is 0 Å². The third-order valence-electron chi connectivity index (χ3n) is 8.85. The van der Waals surface area contributed by atoms with Crippen molar-refractivity contribution in [2.24, 2.45) is 0 Å². The average molecular weight is 579 g/mol. The largest absolute Gasteiger partial charge is 0.452 e. The first-order valence-corrected chi connectivity index (χ1v) is 15.6. The lowest BCUT2D eigenvalue weighted by Crippen LogP contribution is -1.94. The molecule has 10 aromatic rings. The van der Waals surface area contributed by atoms with Crippen molar-refractivity contribution in [3.05, 3.63) is 133 Å². The van der Waals surface area contributed by atoms with Gasteiger partial charge in [-0.15, -0.1) is 11.3 Å². The summed E-state index contributed by atoms with van der Waals surface area (Å²) in [6, 6.07) is 47.1. The van der Waals surface area contributed by atoms with E-state index in [0.29, 0.717) is 11.4 Å². The highest BCUT2D eigenvalue weighted by molar-refractivity contribution is 7.26. The van der Waals surface area contributed by atoms with E-state index in [1.807, 2.05) is 35.6 Å². The number of rotatable bonds is 3. The molecular weight excluding hydrogens is 557 g/mol. The minimum atomic E-state index is 0.686. The van der Waals surface area contributed by atoms with Crippen molar-refractivity contribution in [3.8, 4) is 33.8 Å². The lowest BCUT2D eigenvalue weighted by molar-refractivity contribution is 0.667. The highest BCUT2D eigenvalue weighted by Gasteiger charge is 2.21. The molecular formula is C40H22N2OS. The Morgan fingerprint density at radius 1 is 0.455 bits per heavy atom. The van der Waals surface area contributed by atoms with Crippen LogP contribution < -0.4 is 0 Å². The summed E-state index contributed by atoms with van der Waals surface area (Å²) in [4.78, 5) is 10.3. The van der Waals surface area contributed by atoms with Crippen molar-refractivity contribution in [1.29, 1.82) is 0 Å². The van der Waals surface area contributed by atoms with Gasteiger partial charge in [-0.05, 0) is 63.0 Å². The minimum absolute atomic E-state index is 0.686. The molecule has 3 heterocycles. The van der Waals surface area contributed by atoms with Gasteiger partial charge in [0.1, 0.15) is 16.8 Å². The van der Waals surface area contributed by atoms with Crippen molar-refractivity contribution in [3.63, 3.8) is 0 Å². The van der Waals surface area contributed by atoms with E-state index in [9.17, 15) is 0 Å². The molecule has 0 saturated heterocycles. The molecule has 3 nitrogen and oxygen atoms in total. The Morgan fingerprint density at radius 2 is 1.11 bits per heavy atom. The van der Waals surface area contributed by atoms with Crippen molar-refractivity contribution < 1.29 is 4.42 Å². The summed E-state index contributed by atoms with van der Waals surface area (Å²) in [5.74, 6) is 0.686. The molecule has 0 N–H and O–H groups in total. The zero-order chi connectivity index (χ0) is 28.8. The maximum Gasteiger partial charge on any atom is 0.180 e. The second-order valence-corrected chi connectivity index (χ2v) is 12.4. The summed E-state index contributed by atoms with van der Waals surface area (Å²) in [6.45, 7) is 0. The lowest BCUT2D eigenvalue weighted by Gasteiger charge is -2.11. The first kappa shape index (κ1) is 23.9.